The standard InChI is InChI=1S/C15H12FIO3/c16-10-1-3-11(4-2-10)19-12-5-6-14-15(7-12)20-13(8-17)9-18-14/h1-7,13H,8-9H2/t13-/m0/s1. The van der Waals surface area contributed by atoms with E-state index in [0.717, 1.165) is 10.2 Å². The van der Waals surface area contributed by atoms with Gasteiger partial charge in [-0.1, -0.05) is 22.6 Å². The van der Waals surface area contributed by atoms with Gasteiger partial charge in [-0.15, -0.1) is 0 Å². The van der Waals surface area contributed by atoms with Crippen LogP contribution in [0.3, 0.4) is 0 Å². The van der Waals surface area contributed by atoms with Crippen LogP contribution in [0.15, 0.2) is 42.5 Å². The molecule has 0 spiro atoms. The van der Waals surface area contributed by atoms with E-state index in [1.165, 1.54) is 12.1 Å². The summed E-state index contributed by atoms with van der Waals surface area (Å²) in [6.07, 6.45) is 0.0594. The molecule has 0 N–H and O–H groups in total. The van der Waals surface area contributed by atoms with Crippen LogP contribution >= 0.6 is 22.6 Å². The van der Waals surface area contributed by atoms with Gasteiger partial charge in [-0.3, -0.25) is 0 Å². The van der Waals surface area contributed by atoms with Crippen LogP contribution in [0, 0.1) is 5.82 Å². The van der Waals surface area contributed by atoms with Crippen LogP contribution < -0.4 is 14.2 Å². The number of halogens is 2. The normalized spacial score (nSPS) is 16.8. The second kappa shape index (κ2) is 5.87. The zero-order valence-electron chi connectivity index (χ0n) is 10.5. The van der Waals surface area contributed by atoms with Crippen molar-refractivity contribution < 1.29 is 18.6 Å². The van der Waals surface area contributed by atoms with Crippen molar-refractivity contribution in [3.05, 3.63) is 48.3 Å². The van der Waals surface area contributed by atoms with E-state index in [-0.39, 0.29) is 11.9 Å². The molecule has 0 aliphatic carbocycles. The number of ether oxygens (including phenoxy) is 3. The van der Waals surface area contributed by atoms with E-state index >= 15 is 0 Å². The van der Waals surface area contributed by atoms with Crippen LogP contribution in [0.2, 0.25) is 0 Å². The Morgan fingerprint density at radius 3 is 2.60 bits per heavy atom. The van der Waals surface area contributed by atoms with E-state index in [1.54, 1.807) is 24.3 Å². The first-order valence-electron chi connectivity index (χ1n) is 6.17. The van der Waals surface area contributed by atoms with Gasteiger partial charge >= 0.3 is 0 Å². The second-order valence-corrected chi connectivity index (χ2v) is 5.25. The minimum atomic E-state index is -0.288. The summed E-state index contributed by atoms with van der Waals surface area (Å²) in [4.78, 5) is 0. The lowest BCUT2D eigenvalue weighted by molar-refractivity contribution is 0.109. The Labute approximate surface area is 129 Å². The molecule has 2 aromatic rings. The number of hydrogen-bond acceptors (Lipinski definition) is 3. The van der Waals surface area contributed by atoms with Crippen LogP contribution in [0.5, 0.6) is 23.0 Å². The molecule has 1 aliphatic rings. The number of alkyl halides is 1. The second-order valence-electron chi connectivity index (χ2n) is 4.37. The van der Waals surface area contributed by atoms with Gasteiger partial charge in [0, 0.05) is 10.5 Å². The first kappa shape index (κ1) is 13.5. The van der Waals surface area contributed by atoms with E-state index in [0.29, 0.717) is 23.9 Å². The van der Waals surface area contributed by atoms with Gasteiger partial charge in [0.1, 0.15) is 30.0 Å². The molecule has 1 aliphatic heterocycles. The molecule has 5 heteroatoms. The molecule has 3 nitrogen and oxygen atoms in total. The summed E-state index contributed by atoms with van der Waals surface area (Å²) in [5, 5.41) is 0. The van der Waals surface area contributed by atoms with Crippen molar-refractivity contribution in [2.75, 3.05) is 11.0 Å². The molecule has 0 amide bonds. The van der Waals surface area contributed by atoms with Gasteiger partial charge < -0.3 is 14.2 Å². The number of hydrogen-bond donors (Lipinski definition) is 0. The van der Waals surface area contributed by atoms with Gasteiger partial charge in [-0.05, 0) is 36.4 Å². The first-order valence-corrected chi connectivity index (χ1v) is 7.70. The van der Waals surface area contributed by atoms with E-state index < -0.39 is 0 Å². The van der Waals surface area contributed by atoms with E-state index in [1.807, 2.05) is 6.07 Å². The molecule has 3 rings (SSSR count). The van der Waals surface area contributed by atoms with Gasteiger partial charge in [-0.25, -0.2) is 4.39 Å². The molecule has 1 atom stereocenters. The minimum Gasteiger partial charge on any atom is -0.486 e. The molecule has 1 heterocycles. The Morgan fingerprint density at radius 2 is 1.85 bits per heavy atom. The maximum absolute atomic E-state index is 12.8. The van der Waals surface area contributed by atoms with Crippen molar-refractivity contribution in [1.29, 1.82) is 0 Å². The number of fused-ring (bicyclic) bond motifs is 1. The predicted octanol–water partition coefficient (Wildman–Crippen LogP) is 4.19. The molecular weight excluding hydrogens is 374 g/mol. The SMILES string of the molecule is Fc1ccc(Oc2ccc3c(c2)O[C@@H](CI)CO3)cc1. The highest BCUT2D eigenvalue weighted by Gasteiger charge is 2.20. The monoisotopic (exact) mass is 386 g/mol. The minimum absolute atomic E-state index is 0.0594. The third-order valence-electron chi connectivity index (χ3n) is 2.85. The zero-order chi connectivity index (χ0) is 13.9. The molecule has 0 saturated heterocycles. The van der Waals surface area contributed by atoms with Crippen molar-refractivity contribution in [3.8, 4) is 23.0 Å². The van der Waals surface area contributed by atoms with Crippen LogP contribution in [-0.4, -0.2) is 17.1 Å². The fraction of sp³-hybridized carbons (Fsp3) is 0.200. The molecule has 2 aromatic carbocycles. The lowest BCUT2D eigenvalue weighted by atomic mass is 10.2. The molecule has 20 heavy (non-hydrogen) atoms. The smallest absolute Gasteiger partial charge is 0.165 e. The van der Waals surface area contributed by atoms with Crippen LogP contribution in [0.4, 0.5) is 4.39 Å². The van der Waals surface area contributed by atoms with Gasteiger partial charge in [0.05, 0.1) is 0 Å². The van der Waals surface area contributed by atoms with Crippen molar-refractivity contribution in [2.24, 2.45) is 0 Å². The fourth-order valence-electron chi connectivity index (χ4n) is 1.87. The maximum Gasteiger partial charge on any atom is 0.165 e. The van der Waals surface area contributed by atoms with Gasteiger partial charge in [-0.2, -0.15) is 0 Å². The molecule has 104 valence electrons. The average Bonchev–Trinajstić information content (AvgIpc) is 2.49. The molecule has 0 radical (unpaired) electrons. The first-order chi connectivity index (χ1) is 9.74. The summed E-state index contributed by atoms with van der Waals surface area (Å²) in [5.41, 5.74) is 0. The van der Waals surface area contributed by atoms with Crippen molar-refractivity contribution >= 4 is 22.6 Å². The average molecular weight is 386 g/mol. The molecule has 0 aromatic heterocycles. The molecule has 0 fully saturated rings. The lowest BCUT2D eigenvalue weighted by Gasteiger charge is -2.25. The quantitative estimate of drug-likeness (QED) is 0.585. The Bertz CT molecular complexity index is 601. The Kier molecular flexibility index (Phi) is 3.95. The van der Waals surface area contributed by atoms with Crippen molar-refractivity contribution in [2.45, 2.75) is 6.10 Å². The zero-order valence-corrected chi connectivity index (χ0v) is 12.7. The third-order valence-corrected chi connectivity index (χ3v) is 3.84. The molecule has 0 unspecified atom stereocenters. The van der Waals surface area contributed by atoms with E-state index in [9.17, 15) is 4.39 Å². The summed E-state index contributed by atoms with van der Waals surface area (Å²) in [7, 11) is 0. The van der Waals surface area contributed by atoms with Crippen LogP contribution in [0.1, 0.15) is 0 Å². The summed E-state index contributed by atoms with van der Waals surface area (Å²) in [5.74, 6) is 2.32. The highest BCUT2D eigenvalue weighted by molar-refractivity contribution is 14.1. The Hall–Kier alpha value is -1.50. The number of rotatable bonds is 3. The Morgan fingerprint density at radius 1 is 1.10 bits per heavy atom. The molecular formula is C15H12FIO3. The topological polar surface area (TPSA) is 27.7 Å². The lowest BCUT2D eigenvalue weighted by Crippen LogP contribution is -2.30. The van der Waals surface area contributed by atoms with Crippen LogP contribution in [0.25, 0.3) is 0 Å². The van der Waals surface area contributed by atoms with Crippen LogP contribution in [-0.2, 0) is 0 Å². The summed E-state index contributed by atoms with van der Waals surface area (Å²) < 4.78 is 30.8. The van der Waals surface area contributed by atoms with Gasteiger partial charge in [0.25, 0.3) is 0 Å². The predicted molar refractivity (Wildman–Crippen MR) is 81.7 cm³/mol. The Balaban J connectivity index is 1.79. The van der Waals surface area contributed by atoms with E-state index in [2.05, 4.69) is 22.6 Å². The van der Waals surface area contributed by atoms with Gasteiger partial charge in [0.2, 0.25) is 0 Å². The molecule has 0 bridgehead atoms. The summed E-state index contributed by atoms with van der Waals surface area (Å²) in [6.45, 7) is 0.564. The fourth-order valence-corrected chi connectivity index (χ4v) is 2.31. The highest BCUT2D eigenvalue weighted by Crippen LogP contribution is 2.36. The number of benzene rings is 2. The summed E-state index contributed by atoms with van der Waals surface area (Å²) in [6, 6.07) is 11.3. The van der Waals surface area contributed by atoms with Crippen molar-refractivity contribution in [3.63, 3.8) is 0 Å². The highest BCUT2D eigenvalue weighted by atomic mass is 127. The molecule has 0 saturated carbocycles. The maximum atomic E-state index is 12.8. The third kappa shape index (κ3) is 2.98. The summed E-state index contributed by atoms with van der Waals surface area (Å²) >= 11 is 2.26. The largest absolute Gasteiger partial charge is 0.486 e. The van der Waals surface area contributed by atoms with Gasteiger partial charge in [0.15, 0.2) is 11.5 Å². The van der Waals surface area contributed by atoms with E-state index in [4.69, 9.17) is 14.2 Å². The van der Waals surface area contributed by atoms with Crippen molar-refractivity contribution in [1.82, 2.24) is 0 Å².